The van der Waals surface area contributed by atoms with E-state index >= 15 is 4.57 Å². The first-order chi connectivity index (χ1) is 42.5. The zero-order valence-corrected chi connectivity index (χ0v) is 53.7. The number of phosphoric acid groups is 2. The number of aromatic nitrogens is 6. The Morgan fingerprint density at radius 3 is 1.59 bits per heavy atom. The number of aromatic amines is 3. The van der Waals surface area contributed by atoms with Crippen molar-refractivity contribution in [1.29, 1.82) is 0 Å². The van der Waals surface area contributed by atoms with Crippen LogP contribution in [0, 0.1) is 27.7 Å². The Labute approximate surface area is 516 Å². The molecule has 0 spiro atoms. The molecule has 90 heavy (non-hydrogen) atoms. The molecule has 6 N–H and O–H groups in total. The van der Waals surface area contributed by atoms with Crippen LogP contribution in [0.2, 0.25) is 5.04 Å². The predicted octanol–water partition coefficient (Wildman–Crippen LogP) is 3.79. The van der Waals surface area contributed by atoms with Crippen molar-refractivity contribution < 1.29 is 73.4 Å². The molecule has 486 valence electrons. The number of aryl methyl sites for hydroxylation is 4. The lowest BCUT2D eigenvalue weighted by Gasteiger charge is -2.45. The summed E-state index contributed by atoms with van der Waals surface area (Å²) in [6.45, 7) is 10.2. The number of nitrogens with zero attached hydrogens (tertiary/aromatic N) is 3. The third-order valence-electron chi connectivity index (χ3n) is 15.7. The number of ether oxygens (including phenoxy) is 3. The SMILES string of the molecule is Cc1ccc(S(=O)(=O)OCC/C=C/C[C@H](OP(=O)(O)O[C@H]2C[C@H](n3cc(C)c(=O)[nH]c3=O)O[C@@H]2COP(=O)(O)O[C@H]2C[C@H](n3cc(C)c(=O)[nH]c3=O)O[C@@H]2CO)[C@H]2O[C@@H](n3cc(C)c(=O)[nH]c3=O)C[C@@H]2O[Si](c2ccccc2)(c2ccccc2)C(C)(C)C)cc1. The molecule has 0 bridgehead atoms. The number of aliphatic hydroxyl groups excluding tert-OH is 1. The fourth-order valence-corrected chi connectivity index (χ4v) is 18.9. The van der Waals surface area contributed by atoms with Crippen molar-refractivity contribution in [2.75, 3.05) is 19.8 Å². The third kappa shape index (κ3) is 15.6. The Bertz CT molecular complexity index is 4120. The molecule has 3 fully saturated rings. The minimum Gasteiger partial charge on any atom is -0.402 e. The van der Waals surface area contributed by atoms with Gasteiger partial charge in [-0.25, -0.2) is 23.5 Å². The maximum atomic E-state index is 15.1. The van der Waals surface area contributed by atoms with E-state index in [1.165, 1.54) is 62.1 Å². The Morgan fingerprint density at radius 2 is 1.10 bits per heavy atom. The zero-order chi connectivity index (χ0) is 65.1. The van der Waals surface area contributed by atoms with Crippen molar-refractivity contribution in [2.24, 2.45) is 0 Å². The van der Waals surface area contributed by atoms with Gasteiger partial charge in [-0.2, -0.15) is 8.42 Å². The highest BCUT2D eigenvalue weighted by molar-refractivity contribution is 7.86. The molecule has 3 aliphatic rings. The van der Waals surface area contributed by atoms with Crippen LogP contribution in [0.1, 0.15) is 93.8 Å². The molecule has 28 nitrogen and oxygen atoms in total. The van der Waals surface area contributed by atoms with Gasteiger partial charge in [0.1, 0.15) is 55.3 Å². The second-order valence-corrected chi connectivity index (χ2v) is 31.8. The molecule has 0 saturated carbocycles. The van der Waals surface area contributed by atoms with Crippen molar-refractivity contribution in [2.45, 2.75) is 152 Å². The smallest absolute Gasteiger partial charge is 0.402 e. The summed E-state index contributed by atoms with van der Waals surface area (Å²) in [7, 11) is -18.6. The lowest BCUT2D eigenvalue weighted by atomic mass is 10.0. The summed E-state index contributed by atoms with van der Waals surface area (Å²) in [6, 6.07) is 25.1. The van der Waals surface area contributed by atoms with Gasteiger partial charge in [-0.1, -0.05) is 111 Å². The van der Waals surface area contributed by atoms with E-state index in [0.29, 0.717) is 0 Å². The summed E-state index contributed by atoms with van der Waals surface area (Å²) in [5.41, 5.74) is -3.48. The standard InChI is InChI=1S/C58H72N6O22P2SSi/c1-35-22-24-39(25-23-35)89(76,77)79-26-16-10-15-21-42(51-45(29-50(82-51)64-32-38(4)54(68)61-57(64)71)86-90(58(5,6)7,40-17-11-8-12-18-40)41-19-13-9-14-20-41)83-88(74,75)85-44-28-49(63-31-37(3)53(67)60-56(63)70)81-47(44)34-78-87(72,73)84-43-27-48(80-46(43)33-65)62-30-36(2)52(66)59-55(62)69/h8-15,17-20,22-25,30-32,42-51,65H,16,21,26-29,33-34H2,1-7H3,(H,72,73)(H,74,75)(H,59,66,69)(H,60,67,70)(H,61,68,71)/b15-10+/t42-,43-,44-,45-,46+,47+,48+,49+,50+,51+/m0/s1. The van der Waals surface area contributed by atoms with E-state index in [9.17, 15) is 56.6 Å². The number of benzene rings is 3. The molecule has 3 aromatic heterocycles. The predicted molar refractivity (Wildman–Crippen MR) is 326 cm³/mol. The topological polar surface area (TPSA) is 377 Å². The van der Waals surface area contributed by atoms with E-state index in [-0.39, 0.29) is 53.9 Å². The zero-order valence-electron chi connectivity index (χ0n) is 50.1. The van der Waals surface area contributed by atoms with Gasteiger partial charge < -0.3 is 33.5 Å². The average molecular weight is 1330 g/mol. The first kappa shape index (κ1) is 68.0. The van der Waals surface area contributed by atoms with Gasteiger partial charge in [-0.3, -0.25) is 65.3 Å². The molecule has 6 aromatic rings. The summed E-state index contributed by atoms with van der Waals surface area (Å²) >= 11 is 0. The summed E-state index contributed by atoms with van der Waals surface area (Å²) in [6.07, 6.45) is -8.17. The van der Waals surface area contributed by atoms with Gasteiger partial charge in [0, 0.05) is 54.5 Å². The Morgan fingerprint density at radius 1 is 0.644 bits per heavy atom. The average Bonchev–Trinajstić information content (AvgIpc) is 0.889. The summed E-state index contributed by atoms with van der Waals surface area (Å²) in [5, 5.41) is 11.2. The largest absolute Gasteiger partial charge is 0.472 e. The van der Waals surface area contributed by atoms with E-state index in [0.717, 1.165) is 25.1 Å². The van der Waals surface area contributed by atoms with Crippen LogP contribution in [0.25, 0.3) is 0 Å². The molecule has 32 heteroatoms. The van der Waals surface area contributed by atoms with Crippen LogP contribution in [0.4, 0.5) is 0 Å². The number of phosphoric ester groups is 2. The lowest BCUT2D eigenvalue weighted by molar-refractivity contribution is -0.0843. The van der Waals surface area contributed by atoms with Crippen LogP contribution in [0.5, 0.6) is 0 Å². The number of rotatable bonds is 25. The Kier molecular flexibility index (Phi) is 21.0. The molecule has 0 radical (unpaired) electrons. The van der Waals surface area contributed by atoms with Gasteiger partial charge in [-0.15, -0.1) is 0 Å². The summed E-state index contributed by atoms with van der Waals surface area (Å²) < 4.78 is 113. The van der Waals surface area contributed by atoms with Crippen LogP contribution in [-0.4, -0.2) is 123 Å². The number of hydrogen-bond donors (Lipinski definition) is 6. The molecule has 12 atom stereocenters. The molecule has 9 rings (SSSR count). The van der Waals surface area contributed by atoms with E-state index in [2.05, 4.69) is 15.0 Å². The third-order valence-corrected chi connectivity index (χ3v) is 24.2. The van der Waals surface area contributed by atoms with E-state index in [1.807, 2.05) is 81.4 Å². The van der Waals surface area contributed by atoms with Gasteiger partial charge in [0.25, 0.3) is 35.1 Å². The Balaban J connectivity index is 1.05. The van der Waals surface area contributed by atoms with Crippen molar-refractivity contribution >= 4 is 44.5 Å². The van der Waals surface area contributed by atoms with Gasteiger partial charge >= 0.3 is 32.7 Å². The molecule has 2 unspecified atom stereocenters. The van der Waals surface area contributed by atoms with Gasteiger partial charge in [0.15, 0.2) is 0 Å². The minimum atomic E-state index is -5.56. The second kappa shape index (κ2) is 27.8. The molecule has 0 amide bonds. The highest BCUT2D eigenvalue weighted by Gasteiger charge is 2.56. The van der Waals surface area contributed by atoms with Crippen LogP contribution in [0.3, 0.4) is 0 Å². The molecular weight excluding hydrogens is 1250 g/mol. The molecular formula is C58H72N6O22P2SSi. The molecule has 6 heterocycles. The van der Waals surface area contributed by atoms with Crippen molar-refractivity contribution in [1.82, 2.24) is 28.7 Å². The maximum Gasteiger partial charge on any atom is 0.472 e. The van der Waals surface area contributed by atoms with E-state index in [1.54, 1.807) is 25.1 Å². The normalized spacial score (nSPS) is 24.1. The van der Waals surface area contributed by atoms with Gasteiger partial charge in [0.05, 0.1) is 30.8 Å². The van der Waals surface area contributed by atoms with E-state index < -0.39 is 154 Å². The fourth-order valence-electron chi connectivity index (χ4n) is 11.2. The number of H-pyrrole nitrogens is 3. The number of hydrogen-bond acceptors (Lipinski definition) is 20. The maximum absolute atomic E-state index is 15.1. The first-order valence-corrected chi connectivity index (χ1v) is 35.1. The highest BCUT2D eigenvalue weighted by atomic mass is 32.2. The number of aliphatic hydroxyl groups is 1. The summed E-state index contributed by atoms with van der Waals surface area (Å²) in [5.74, 6) is 0. The molecule has 3 aromatic carbocycles. The first-order valence-electron chi connectivity index (χ1n) is 28.8. The van der Waals surface area contributed by atoms with Crippen molar-refractivity contribution in [3.8, 4) is 0 Å². The monoisotopic (exact) mass is 1330 g/mol. The van der Waals surface area contributed by atoms with Crippen molar-refractivity contribution in [3.63, 3.8) is 0 Å². The highest BCUT2D eigenvalue weighted by Crippen LogP contribution is 2.54. The second-order valence-electron chi connectivity index (χ2n) is 23.2. The quantitative estimate of drug-likeness (QED) is 0.0156. The van der Waals surface area contributed by atoms with Crippen LogP contribution < -0.4 is 44.1 Å². The van der Waals surface area contributed by atoms with Crippen LogP contribution >= 0.6 is 15.6 Å². The lowest BCUT2D eigenvalue weighted by Crippen LogP contribution is -2.68. The van der Waals surface area contributed by atoms with Gasteiger partial charge in [-0.05, 0) is 68.1 Å². The summed E-state index contributed by atoms with van der Waals surface area (Å²) in [4.78, 5) is 107. The van der Waals surface area contributed by atoms with Gasteiger partial charge in [0.2, 0.25) is 0 Å². The number of nitrogens with one attached hydrogen (secondary N) is 3. The molecule has 3 aliphatic heterocycles. The fraction of sp³-hybridized carbons (Fsp3) is 0.448. The van der Waals surface area contributed by atoms with Crippen LogP contribution in [0.15, 0.2) is 149 Å². The Hall–Kier alpha value is -6.41. The molecule has 0 aliphatic carbocycles. The van der Waals surface area contributed by atoms with Crippen molar-refractivity contribution in [3.05, 3.63) is 200 Å². The minimum absolute atomic E-state index is 0.00159. The van der Waals surface area contributed by atoms with Crippen LogP contribution in [-0.2, 0) is 60.2 Å². The molecule has 3 saturated heterocycles. The van der Waals surface area contributed by atoms with E-state index in [4.69, 9.17) is 40.9 Å².